The maximum Gasteiger partial charge on any atom is 0.324 e. The third kappa shape index (κ3) is 4.42. The number of rotatable bonds is 7. The SMILES string of the molecule is COc1ccc(CC(CC(=O)ON)C(C)C)cc1OC. The Labute approximate surface area is 120 Å². The molecule has 0 spiro atoms. The van der Waals surface area contributed by atoms with Crippen molar-refractivity contribution in [3.8, 4) is 11.5 Å². The Balaban J connectivity index is 2.85. The molecule has 1 atom stereocenters. The first-order valence-electron chi connectivity index (χ1n) is 6.62. The van der Waals surface area contributed by atoms with Gasteiger partial charge in [-0.1, -0.05) is 19.9 Å². The number of hydrogen-bond acceptors (Lipinski definition) is 5. The smallest absolute Gasteiger partial charge is 0.324 e. The van der Waals surface area contributed by atoms with Crippen molar-refractivity contribution in [2.75, 3.05) is 14.2 Å². The fourth-order valence-electron chi connectivity index (χ4n) is 2.12. The van der Waals surface area contributed by atoms with Gasteiger partial charge in [-0.05, 0) is 36.0 Å². The van der Waals surface area contributed by atoms with Crippen LogP contribution < -0.4 is 15.4 Å². The highest BCUT2D eigenvalue weighted by Gasteiger charge is 2.19. The van der Waals surface area contributed by atoms with Crippen LogP contribution in [0.15, 0.2) is 18.2 Å². The van der Waals surface area contributed by atoms with Gasteiger partial charge in [0.15, 0.2) is 11.5 Å². The molecule has 0 aromatic heterocycles. The lowest BCUT2D eigenvalue weighted by Gasteiger charge is -2.20. The molecule has 20 heavy (non-hydrogen) atoms. The number of carbonyl (C=O) groups is 1. The molecule has 0 aliphatic heterocycles. The molecule has 0 radical (unpaired) electrons. The normalized spacial score (nSPS) is 12.1. The Morgan fingerprint density at radius 1 is 1.20 bits per heavy atom. The van der Waals surface area contributed by atoms with E-state index in [1.165, 1.54) is 0 Å². The standard InChI is InChI=1S/C15H23NO4/c1-10(2)12(9-15(17)20-16)7-11-5-6-13(18-3)14(8-11)19-4/h5-6,8,10,12H,7,9,16H2,1-4H3. The van der Waals surface area contributed by atoms with Gasteiger partial charge in [-0.15, -0.1) is 0 Å². The lowest BCUT2D eigenvalue weighted by Crippen LogP contribution is -2.20. The van der Waals surface area contributed by atoms with Crippen molar-refractivity contribution < 1.29 is 19.1 Å². The van der Waals surface area contributed by atoms with Crippen molar-refractivity contribution >= 4 is 5.97 Å². The quantitative estimate of drug-likeness (QED) is 0.777. The van der Waals surface area contributed by atoms with E-state index in [1.54, 1.807) is 14.2 Å². The summed E-state index contributed by atoms with van der Waals surface area (Å²) in [5.41, 5.74) is 1.09. The minimum atomic E-state index is -0.385. The van der Waals surface area contributed by atoms with Crippen LogP contribution in [0, 0.1) is 11.8 Å². The molecule has 0 saturated carbocycles. The van der Waals surface area contributed by atoms with E-state index in [2.05, 4.69) is 18.7 Å². The van der Waals surface area contributed by atoms with E-state index in [-0.39, 0.29) is 11.9 Å². The maximum absolute atomic E-state index is 11.3. The second-order valence-electron chi connectivity index (χ2n) is 5.09. The van der Waals surface area contributed by atoms with Crippen LogP contribution in [0.3, 0.4) is 0 Å². The molecule has 1 unspecified atom stereocenters. The van der Waals surface area contributed by atoms with E-state index in [4.69, 9.17) is 15.4 Å². The number of benzene rings is 1. The van der Waals surface area contributed by atoms with E-state index < -0.39 is 0 Å². The highest BCUT2D eigenvalue weighted by atomic mass is 16.7. The van der Waals surface area contributed by atoms with Crippen LogP contribution >= 0.6 is 0 Å². The number of hydrogen-bond donors (Lipinski definition) is 1. The largest absolute Gasteiger partial charge is 0.493 e. The van der Waals surface area contributed by atoms with Gasteiger partial charge in [0, 0.05) is 0 Å². The summed E-state index contributed by atoms with van der Waals surface area (Å²) in [6.07, 6.45) is 1.07. The monoisotopic (exact) mass is 281 g/mol. The van der Waals surface area contributed by atoms with Crippen molar-refractivity contribution in [3.05, 3.63) is 23.8 Å². The van der Waals surface area contributed by atoms with Gasteiger partial charge >= 0.3 is 5.97 Å². The Morgan fingerprint density at radius 2 is 1.85 bits per heavy atom. The molecule has 2 N–H and O–H groups in total. The fraction of sp³-hybridized carbons (Fsp3) is 0.533. The fourth-order valence-corrected chi connectivity index (χ4v) is 2.12. The van der Waals surface area contributed by atoms with Crippen molar-refractivity contribution in [2.24, 2.45) is 17.7 Å². The van der Waals surface area contributed by atoms with Gasteiger partial charge < -0.3 is 14.3 Å². The molecular formula is C15H23NO4. The molecule has 1 aromatic carbocycles. The Kier molecular flexibility index (Phi) is 6.31. The molecule has 0 amide bonds. The summed E-state index contributed by atoms with van der Waals surface area (Å²) in [7, 11) is 3.21. The van der Waals surface area contributed by atoms with Gasteiger partial charge in [-0.25, -0.2) is 0 Å². The van der Waals surface area contributed by atoms with E-state index in [1.807, 2.05) is 18.2 Å². The van der Waals surface area contributed by atoms with Crippen molar-refractivity contribution in [1.29, 1.82) is 0 Å². The Hall–Kier alpha value is -1.75. The zero-order valence-corrected chi connectivity index (χ0v) is 12.5. The summed E-state index contributed by atoms with van der Waals surface area (Å²) in [6, 6.07) is 5.78. The van der Waals surface area contributed by atoms with Crippen molar-refractivity contribution in [2.45, 2.75) is 26.7 Å². The van der Waals surface area contributed by atoms with Crippen LogP contribution in [0.1, 0.15) is 25.8 Å². The second kappa shape index (κ2) is 7.75. The van der Waals surface area contributed by atoms with Crippen LogP contribution in [-0.4, -0.2) is 20.2 Å². The van der Waals surface area contributed by atoms with Crippen LogP contribution in [0.2, 0.25) is 0 Å². The molecule has 0 saturated heterocycles. The molecular weight excluding hydrogens is 258 g/mol. The zero-order valence-electron chi connectivity index (χ0n) is 12.5. The first-order valence-corrected chi connectivity index (χ1v) is 6.62. The number of nitrogens with two attached hydrogens (primary N) is 1. The molecule has 5 heteroatoms. The lowest BCUT2D eigenvalue weighted by atomic mass is 9.86. The minimum absolute atomic E-state index is 0.171. The average molecular weight is 281 g/mol. The van der Waals surface area contributed by atoms with Gasteiger partial charge in [0.2, 0.25) is 0 Å². The van der Waals surface area contributed by atoms with Crippen molar-refractivity contribution in [3.63, 3.8) is 0 Å². The zero-order chi connectivity index (χ0) is 15.1. The van der Waals surface area contributed by atoms with Gasteiger partial charge in [0.25, 0.3) is 0 Å². The summed E-state index contributed by atoms with van der Waals surface area (Å²) >= 11 is 0. The van der Waals surface area contributed by atoms with E-state index in [0.29, 0.717) is 23.8 Å². The highest BCUT2D eigenvalue weighted by molar-refractivity contribution is 5.69. The molecule has 0 fully saturated rings. The van der Waals surface area contributed by atoms with E-state index in [9.17, 15) is 4.79 Å². The summed E-state index contributed by atoms with van der Waals surface area (Å²) < 4.78 is 10.5. The number of ether oxygens (including phenoxy) is 2. The summed E-state index contributed by atoms with van der Waals surface area (Å²) in [5.74, 6) is 6.43. The summed E-state index contributed by atoms with van der Waals surface area (Å²) in [6.45, 7) is 4.16. The molecule has 0 aliphatic rings. The molecule has 5 nitrogen and oxygen atoms in total. The Morgan fingerprint density at radius 3 is 2.35 bits per heavy atom. The van der Waals surface area contributed by atoms with Crippen molar-refractivity contribution in [1.82, 2.24) is 0 Å². The van der Waals surface area contributed by atoms with E-state index in [0.717, 1.165) is 12.0 Å². The molecule has 1 rings (SSSR count). The number of carbonyl (C=O) groups excluding carboxylic acids is 1. The van der Waals surface area contributed by atoms with Crippen LogP contribution in [0.5, 0.6) is 11.5 Å². The van der Waals surface area contributed by atoms with Crippen LogP contribution in [-0.2, 0) is 16.1 Å². The first kappa shape index (κ1) is 16.3. The van der Waals surface area contributed by atoms with Gasteiger partial charge in [0.1, 0.15) is 0 Å². The first-order chi connectivity index (χ1) is 9.51. The molecule has 0 bridgehead atoms. The van der Waals surface area contributed by atoms with Gasteiger partial charge in [-0.3, -0.25) is 4.79 Å². The van der Waals surface area contributed by atoms with Gasteiger partial charge in [0.05, 0.1) is 20.6 Å². The van der Waals surface area contributed by atoms with Crippen LogP contribution in [0.4, 0.5) is 0 Å². The predicted octanol–water partition coefficient (Wildman–Crippen LogP) is 2.33. The van der Waals surface area contributed by atoms with Gasteiger partial charge in [-0.2, -0.15) is 5.90 Å². The Bertz CT molecular complexity index is 445. The van der Waals surface area contributed by atoms with Crippen LogP contribution in [0.25, 0.3) is 0 Å². The highest BCUT2D eigenvalue weighted by Crippen LogP contribution is 2.30. The summed E-state index contributed by atoms with van der Waals surface area (Å²) in [4.78, 5) is 15.6. The maximum atomic E-state index is 11.3. The van der Waals surface area contributed by atoms with E-state index >= 15 is 0 Å². The molecule has 112 valence electrons. The number of methoxy groups -OCH3 is 2. The lowest BCUT2D eigenvalue weighted by molar-refractivity contribution is -0.145. The third-order valence-electron chi connectivity index (χ3n) is 3.45. The predicted molar refractivity (Wildman–Crippen MR) is 76.5 cm³/mol. The third-order valence-corrected chi connectivity index (χ3v) is 3.45. The average Bonchev–Trinajstić information content (AvgIpc) is 2.45. The second-order valence-corrected chi connectivity index (χ2v) is 5.09. The molecule has 1 aromatic rings. The minimum Gasteiger partial charge on any atom is -0.493 e. The molecule has 0 heterocycles. The summed E-state index contributed by atoms with van der Waals surface area (Å²) in [5, 5.41) is 0. The topological polar surface area (TPSA) is 70.8 Å². The molecule has 0 aliphatic carbocycles.